The van der Waals surface area contributed by atoms with Crippen LogP contribution >= 0.6 is 0 Å². The first kappa shape index (κ1) is 35.4. The molecule has 18 heteroatoms. The van der Waals surface area contributed by atoms with Crippen molar-refractivity contribution >= 4 is 17.7 Å². The summed E-state index contributed by atoms with van der Waals surface area (Å²) < 4.78 is 0.0977. The van der Waals surface area contributed by atoms with Gasteiger partial charge < -0.3 is 45.8 Å². The lowest BCUT2D eigenvalue weighted by Gasteiger charge is -2.26. The maximum Gasteiger partial charge on any atom is 0.267 e. The molecule has 3 amide bonds. The Kier molecular flexibility index (Phi) is 12.5. The summed E-state index contributed by atoms with van der Waals surface area (Å²) >= 11 is 0. The summed E-state index contributed by atoms with van der Waals surface area (Å²) in [5.41, 5.74) is -3.43. The van der Waals surface area contributed by atoms with E-state index < -0.39 is 34.4 Å². The fourth-order valence-electron chi connectivity index (χ4n) is 5.04. The Morgan fingerprint density at radius 1 is 0.479 bits per heavy atom. The van der Waals surface area contributed by atoms with Crippen molar-refractivity contribution in [3.8, 4) is 0 Å². The van der Waals surface area contributed by atoms with E-state index in [-0.39, 0.29) is 50.9 Å². The minimum atomic E-state index is -0.840. The second-order valence-corrected chi connectivity index (χ2v) is 10.9. The number of carbonyl (C=O) groups is 3. The number of aromatic nitrogens is 3. The van der Waals surface area contributed by atoms with E-state index >= 15 is 0 Å². The van der Waals surface area contributed by atoms with Gasteiger partial charge >= 0.3 is 0 Å². The lowest BCUT2D eigenvalue weighted by atomic mass is 10.3. The smallest absolute Gasteiger partial charge is 0.267 e. The largest absolute Gasteiger partial charge is 0.803 e. The molecular formula is C30H36N9O9-3. The van der Waals surface area contributed by atoms with E-state index in [1.807, 2.05) is 0 Å². The van der Waals surface area contributed by atoms with Crippen LogP contribution in [0.3, 0.4) is 0 Å². The Hall–Kier alpha value is -5.46. The number of hydrogen-bond donors (Lipinski definition) is 3. The molecule has 48 heavy (non-hydrogen) atoms. The molecule has 0 unspecified atom stereocenters. The average molecular weight is 667 g/mol. The van der Waals surface area contributed by atoms with Gasteiger partial charge in [-0.3, -0.25) is 43.5 Å². The molecule has 0 saturated carbocycles. The SMILES string of the molecule is O=C(NCCN1CCN(CCNC(=O)c2cccc(=O)n2[O-])CCN(CCNC(=O)c2cccc(=O)n2[O-])CC1)c1cccc(=O)n1[O-]. The summed E-state index contributed by atoms with van der Waals surface area (Å²) in [6.07, 6.45) is 0. The van der Waals surface area contributed by atoms with Gasteiger partial charge in [0, 0.05) is 96.7 Å². The molecule has 0 bridgehead atoms. The number of hydrogen-bond acceptors (Lipinski definition) is 12. The van der Waals surface area contributed by atoms with Crippen LogP contribution in [0.1, 0.15) is 31.5 Å². The Morgan fingerprint density at radius 3 is 0.979 bits per heavy atom. The molecule has 1 aliphatic heterocycles. The Labute approximate surface area is 273 Å². The second kappa shape index (κ2) is 16.9. The lowest BCUT2D eigenvalue weighted by molar-refractivity contribution is 0.0928. The first-order valence-electron chi connectivity index (χ1n) is 15.3. The molecule has 3 aromatic rings. The molecule has 18 nitrogen and oxygen atoms in total. The second-order valence-electron chi connectivity index (χ2n) is 10.9. The van der Waals surface area contributed by atoms with Gasteiger partial charge in [-0.15, -0.1) is 0 Å². The van der Waals surface area contributed by atoms with E-state index in [0.717, 1.165) is 18.2 Å². The van der Waals surface area contributed by atoms with Gasteiger partial charge in [-0.2, -0.15) is 0 Å². The van der Waals surface area contributed by atoms with Crippen molar-refractivity contribution in [3.63, 3.8) is 0 Å². The molecule has 1 saturated heterocycles. The predicted molar refractivity (Wildman–Crippen MR) is 175 cm³/mol. The molecule has 3 aromatic heterocycles. The van der Waals surface area contributed by atoms with Crippen LogP contribution in [0.5, 0.6) is 0 Å². The van der Waals surface area contributed by atoms with E-state index in [9.17, 15) is 44.4 Å². The van der Waals surface area contributed by atoms with Crippen molar-refractivity contribution < 1.29 is 14.4 Å². The van der Waals surface area contributed by atoms with Crippen LogP contribution in [0, 0.1) is 15.6 Å². The summed E-state index contributed by atoms with van der Waals surface area (Å²) in [5, 5.41) is 43.9. The van der Waals surface area contributed by atoms with E-state index in [2.05, 4.69) is 30.7 Å². The number of nitrogens with zero attached hydrogens (tertiary/aromatic N) is 6. The number of rotatable bonds is 12. The van der Waals surface area contributed by atoms with E-state index in [1.165, 1.54) is 36.4 Å². The summed E-state index contributed by atoms with van der Waals surface area (Å²) in [5.74, 6) is -2.03. The van der Waals surface area contributed by atoms with E-state index in [1.54, 1.807) is 0 Å². The van der Waals surface area contributed by atoms with Gasteiger partial charge in [0.2, 0.25) is 16.7 Å². The molecule has 3 N–H and O–H groups in total. The topological polar surface area (TPSA) is 232 Å². The van der Waals surface area contributed by atoms with Crippen molar-refractivity contribution in [2.45, 2.75) is 0 Å². The minimum absolute atomic E-state index is 0.0326. The van der Waals surface area contributed by atoms with Gasteiger partial charge in [0.15, 0.2) is 0 Å². The Balaban J connectivity index is 1.35. The van der Waals surface area contributed by atoms with Gasteiger partial charge in [-0.1, -0.05) is 18.2 Å². The van der Waals surface area contributed by atoms with Crippen molar-refractivity contribution in [2.75, 3.05) is 78.5 Å². The molecule has 1 fully saturated rings. The zero-order valence-corrected chi connectivity index (χ0v) is 26.0. The molecule has 0 aromatic carbocycles. The Bertz CT molecular complexity index is 1560. The third kappa shape index (κ3) is 9.53. The van der Waals surface area contributed by atoms with Crippen LogP contribution in [0.25, 0.3) is 0 Å². The Morgan fingerprint density at radius 2 is 0.729 bits per heavy atom. The highest BCUT2D eigenvalue weighted by Crippen LogP contribution is 2.02. The molecule has 0 radical (unpaired) electrons. The fourth-order valence-corrected chi connectivity index (χ4v) is 5.04. The average Bonchev–Trinajstić information content (AvgIpc) is 3.15. The van der Waals surface area contributed by atoms with Crippen LogP contribution in [-0.4, -0.2) is 125 Å². The van der Waals surface area contributed by atoms with Gasteiger partial charge in [0.25, 0.3) is 17.7 Å². The summed E-state index contributed by atoms with van der Waals surface area (Å²) in [7, 11) is 0. The standard InChI is InChI=1S/C30H36N9O9/c40-25-7-1-4-22(37(25)46)28(43)31-10-13-34-16-18-35(14-11-32-29(44)23-5-2-8-26(41)38(23)47)20-21-36(19-17-34)15-12-33-30(45)24-6-3-9-27(42)39(24)48/h1-9H,10-21H2,(H,31,43)(H,32,44)(H,33,45)/q-3. The highest BCUT2D eigenvalue weighted by Gasteiger charge is 2.18. The quantitative estimate of drug-likeness (QED) is 0.186. The zero-order chi connectivity index (χ0) is 34.6. The van der Waals surface area contributed by atoms with Crippen LogP contribution in [0.2, 0.25) is 0 Å². The maximum atomic E-state index is 12.5. The number of pyridine rings is 3. The van der Waals surface area contributed by atoms with Gasteiger partial charge in [-0.05, 0) is 18.2 Å². The van der Waals surface area contributed by atoms with Crippen molar-refractivity contribution in [3.05, 3.63) is 118 Å². The highest BCUT2D eigenvalue weighted by molar-refractivity contribution is 5.93. The van der Waals surface area contributed by atoms with Crippen LogP contribution < -0.4 is 32.6 Å². The summed E-state index contributed by atoms with van der Waals surface area (Å²) in [6.45, 7) is 5.32. The first-order valence-corrected chi connectivity index (χ1v) is 15.3. The van der Waals surface area contributed by atoms with Gasteiger partial charge in [-0.25, -0.2) is 0 Å². The predicted octanol–water partition coefficient (Wildman–Crippen LogP) is -2.28. The molecular weight excluding hydrogens is 630 g/mol. The first-order chi connectivity index (χ1) is 23.0. The third-order valence-corrected chi connectivity index (χ3v) is 7.77. The van der Waals surface area contributed by atoms with E-state index in [0.29, 0.717) is 58.9 Å². The monoisotopic (exact) mass is 666 g/mol. The molecule has 4 heterocycles. The van der Waals surface area contributed by atoms with Crippen LogP contribution in [0.15, 0.2) is 69.0 Å². The molecule has 1 aliphatic rings. The van der Waals surface area contributed by atoms with Gasteiger partial charge in [0.1, 0.15) is 17.1 Å². The minimum Gasteiger partial charge on any atom is -0.803 e. The van der Waals surface area contributed by atoms with Crippen molar-refractivity contribution in [2.24, 2.45) is 0 Å². The summed E-state index contributed by atoms with van der Waals surface area (Å²) in [6, 6.07) is 11.0. The lowest BCUT2D eigenvalue weighted by Crippen LogP contribution is -2.42. The molecule has 0 spiro atoms. The number of nitrogens with one attached hydrogen (secondary N) is 3. The molecule has 0 atom stereocenters. The number of carbonyl (C=O) groups excluding carboxylic acids is 3. The van der Waals surface area contributed by atoms with Crippen molar-refractivity contribution in [1.82, 2.24) is 44.8 Å². The summed E-state index contributed by atoms with van der Waals surface area (Å²) in [4.78, 5) is 78.7. The van der Waals surface area contributed by atoms with E-state index in [4.69, 9.17) is 0 Å². The molecule has 258 valence electrons. The fraction of sp³-hybridized carbons (Fsp3) is 0.400. The number of amides is 3. The zero-order valence-electron chi connectivity index (χ0n) is 26.0. The third-order valence-electron chi connectivity index (χ3n) is 7.77. The highest BCUT2D eigenvalue weighted by atomic mass is 16.5. The van der Waals surface area contributed by atoms with Gasteiger partial charge in [0.05, 0.1) is 0 Å². The van der Waals surface area contributed by atoms with Crippen LogP contribution in [0.4, 0.5) is 0 Å². The van der Waals surface area contributed by atoms with Crippen LogP contribution in [-0.2, 0) is 0 Å². The maximum absolute atomic E-state index is 12.5. The molecule has 4 rings (SSSR count). The molecule has 0 aliphatic carbocycles. The normalized spacial score (nSPS) is 14.8. The van der Waals surface area contributed by atoms with Crippen molar-refractivity contribution in [1.29, 1.82) is 0 Å².